The first kappa shape index (κ1) is 20.1. The molecule has 0 fully saturated rings. The third-order valence-corrected chi connectivity index (χ3v) is 5.27. The second kappa shape index (κ2) is 9.07. The molecule has 0 aliphatic heterocycles. The Hall–Kier alpha value is -3.22. The van der Waals surface area contributed by atoms with Crippen molar-refractivity contribution >= 4 is 11.3 Å². The van der Waals surface area contributed by atoms with E-state index in [1.165, 1.54) is 5.56 Å². The Morgan fingerprint density at radius 1 is 1.03 bits per heavy atom. The number of nitrogens with zero attached hydrogens (tertiary/aromatic N) is 4. The molecule has 0 saturated carbocycles. The van der Waals surface area contributed by atoms with Gasteiger partial charge in [0.25, 0.3) is 0 Å². The van der Waals surface area contributed by atoms with Gasteiger partial charge in [-0.15, -0.1) is 0 Å². The third kappa shape index (κ3) is 4.35. The second-order valence-corrected chi connectivity index (χ2v) is 7.64. The molecule has 0 amide bonds. The van der Waals surface area contributed by atoms with Gasteiger partial charge in [-0.2, -0.15) is 0 Å². The molecule has 3 aromatic heterocycles. The Kier molecular flexibility index (Phi) is 6.07. The zero-order valence-electron chi connectivity index (χ0n) is 17.5. The lowest BCUT2D eigenvalue weighted by atomic mass is 10.1. The number of nitrogens with two attached hydrogens (primary N) is 1. The first-order valence-electron chi connectivity index (χ1n) is 10.3. The molecule has 4 aromatic rings. The molecule has 6 heteroatoms. The molecule has 0 bridgehead atoms. The van der Waals surface area contributed by atoms with Gasteiger partial charge in [-0.05, 0) is 56.9 Å². The van der Waals surface area contributed by atoms with Crippen LogP contribution in [-0.4, -0.2) is 46.5 Å². The average molecular weight is 401 g/mol. The van der Waals surface area contributed by atoms with Crippen LogP contribution in [0.4, 0.5) is 5.69 Å². The van der Waals surface area contributed by atoms with Gasteiger partial charge in [-0.1, -0.05) is 30.3 Å². The number of aromatic nitrogens is 3. The van der Waals surface area contributed by atoms with Crippen LogP contribution < -0.4 is 11.1 Å². The van der Waals surface area contributed by atoms with Crippen molar-refractivity contribution in [2.75, 3.05) is 32.9 Å². The summed E-state index contributed by atoms with van der Waals surface area (Å²) in [6.45, 7) is 3.07. The number of hydrogen-bond donors (Lipinski definition) is 2. The maximum absolute atomic E-state index is 6.27. The Morgan fingerprint density at radius 2 is 1.87 bits per heavy atom. The Bertz CT molecular complexity index is 1100. The largest absolute Gasteiger partial charge is 0.397 e. The van der Waals surface area contributed by atoms with E-state index in [-0.39, 0.29) is 0 Å². The summed E-state index contributed by atoms with van der Waals surface area (Å²) in [5.74, 6) is 0. The van der Waals surface area contributed by atoms with Crippen LogP contribution in [0.2, 0.25) is 0 Å². The number of anilines is 1. The summed E-state index contributed by atoms with van der Waals surface area (Å²) in [7, 11) is 4.16. The molecule has 3 N–H and O–H groups in total. The molecule has 0 saturated heterocycles. The van der Waals surface area contributed by atoms with Crippen molar-refractivity contribution in [1.82, 2.24) is 24.6 Å². The number of nitrogens with one attached hydrogen (secondary N) is 1. The van der Waals surface area contributed by atoms with Crippen molar-refractivity contribution in [3.8, 4) is 22.4 Å². The molecule has 0 unspecified atom stereocenters. The molecule has 1 aromatic carbocycles. The fourth-order valence-electron chi connectivity index (χ4n) is 3.72. The molecule has 3 heterocycles. The third-order valence-electron chi connectivity index (χ3n) is 5.27. The lowest BCUT2D eigenvalue weighted by Gasteiger charge is -2.16. The van der Waals surface area contributed by atoms with Crippen LogP contribution in [0.15, 0.2) is 67.3 Å². The molecule has 0 aliphatic rings. The van der Waals surface area contributed by atoms with Crippen LogP contribution >= 0.6 is 0 Å². The SMILES string of the molecule is CNCCCN(C)Cc1ccc(-c2cnc3c(-c4ccccn4)c(N)cn3c2)cc1. The molecular weight excluding hydrogens is 372 g/mol. The molecule has 0 atom stereocenters. The highest BCUT2D eigenvalue weighted by Gasteiger charge is 2.13. The highest BCUT2D eigenvalue weighted by Crippen LogP contribution is 2.31. The topological polar surface area (TPSA) is 71.5 Å². The monoisotopic (exact) mass is 400 g/mol. The van der Waals surface area contributed by atoms with Gasteiger partial charge in [-0.3, -0.25) is 4.98 Å². The fraction of sp³-hybridized carbons (Fsp3) is 0.250. The maximum Gasteiger partial charge on any atom is 0.148 e. The summed E-state index contributed by atoms with van der Waals surface area (Å²) in [4.78, 5) is 11.5. The predicted octanol–water partition coefficient (Wildman–Crippen LogP) is 3.69. The highest BCUT2D eigenvalue weighted by molar-refractivity contribution is 5.87. The van der Waals surface area contributed by atoms with Crippen molar-refractivity contribution < 1.29 is 0 Å². The Morgan fingerprint density at radius 3 is 2.60 bits per heavy atom. The molecule has 154 valence electrons. The van der Waals surface area contributed by atoms with Gasteiger partial charge in [0.2, 0.25) is 0 Å². The van der Waals surface area contributed by atoms with Crippen molar-refractivity contribution in [2.24, 2.45) is 0 Å². The molecule has 4 rings (SSSR count). The van der Waals surface area contributed by atoms with E-state index in [0.29, 0.717) is 5.69 Å². The van der Waals surface area contributed by atoms with E-state index < -0.39 is 0 Å². The van der Waals surface area contributed by atoms with Gasteiger partial charge >= 0.3 is 0 Å². The zero-order chi connectivity index (χ0) is 20.9. The Balaban J connectivity index is 1.54. The van der Waals surface area contributed by atoms with Gasteiger partial charge in [0, 0.05) is 36.9 Å². The van der Waals surface area contributed by atoms with Crippen LogP contribution in [0.1, 0.15) is 12.0 Å². The minimum absolute atomic E-state index is 0.676. The van der Waals surface area contributed by atoms with E-state index in [1.807, 2.05) is 42.0 Å². The quantitative estimate of drug-likeness (QED) is 0.442. The summed E-state index contributed by atoms with van der Waals surface area (Å²) in [5, 5.41) is 3.19. The van der Waals surface area contributed by atoms with E-state index >= 15 is 0 Å². The molecule has 0 spiro atoms. The van der Waals surface area contributed by atoms with Crippen molar-refractivity contribution in [1.29, 1.82) is 0 Å². The van der Waals surface area contributed by atoms with E-state index in [0.717, 1.165) is 54.1 Å². The van der Waals surface area contributed by atoms with Crippen molar-refractivity contribution in [3.05, 3.63) is 72.8 Å². The first-order valence-corrected chi connectivity index (χ1v) is 10.3. The van der Waals surface area contributed by atoms with Crippen LogP contribution in [0.5, 0.6) is 0 Å². The molecule has 0 radical (unpaired) electrons. The molecule has 30 heavy (non-hydrogen) atoms. The van der Waals surface area contributed by atoms with Crippen molar-refractivity contribution in [3.63, 3.8) is 0 Å². The summed E-state index contributed by atoms with van der Waals surface area (Å²) in [6.07, 6.45) is 8.80. The Labute approximate surface area is 177 Å². The van der Waals surface area contributed by atoms with E-state index in [4.69, 9.17) is 10.7 Å². The van der Waals surface area contributed by atoms with Crippen LogP contribution in [0.3, 0.4) is 0 Å². The minimum Gasteiger partial charge on any atom is -0.397 e. The summed E-state index contributed by atoms with van der Waals surface area (Å²) in [6, 6.07) is 14.5. The summed E-state index contributed by atoms with van der Waals surface area (Å²) < 4.78 is 1.98. The maximum atomic E-state index is 6.27. The first-order chi connectivity index (χ1) is 14.7. The minimum atomic E-state index is 0.676. The zero-order valence-corrected chi connectivity index (χ0v) is 17.5. The summed E-state index contributed by atoms with van der Waals surface area (Å²) >= 11 is 0. The molecule has 6 nitrogen and oxygen atoms in total. The standard InChI is InChI=1S/C24H28N6/c1-26-11-5-13-29(2)15-18-7-9-19(10-8-18)20-14-28-24-23(21(25)17-30(24)16-20)22-6-3-4-12-27-22/h3-4,6-10,12,14,16-17,26H,5,11,13,15,25H2,1-2H3. The lowest BCUT2D eigenvalue weighted by molar-refractivity contribution is 0.321. The lowest BCUT2D eigenvalue weighted by Crippen LogP contribution is -2.22. The highest BCUT2D eigenvalue weighted by atomic mass is 15.1. The second-order valence-electron chi connectivity index (χ2n) is 7.64. The van der Waals surface area contributed by atoms with E-state index in [9.17, 15) is 0 Å². The molecular formula is C24H28N6. The number of fused-ring (bicyclic) bond motifs is 1. The number of benzene rings is 1. The van der Waals surface area contributed by atoms with Crippen LogP contribution in [0, 0.1) is 0 Å². The summed E-state index contributed by atoms with van der Waals surface area (Å²) in [5.41, 5.74) is 13.0. The number of pyridine rings is 1. The van der Waals surface area contributed by atoms with Gasteiger partial charge in [-0.25, -0.2) is 4.98 Å². The predicted molar refractivity (Wildman–Crippen MR) is 123 cm³/mol. The van der Waals surface area contributed by atoms with Crippen LogP contribution in [-0.2, 0) is 6.54 Å². The van der Waals surface area contributed by atoms with Gasteiger partial charge in [0.1, 0.15) is 5.65 Å². The smallest absolute Gasteiger partial charge is 0.148 e. The van der Waals surface area contributed by atoms with Gasteiger partial charge < -0.3 is 20.4 Å². The van der Waals surface area contributed by atoms with E-state index in [2.05, 4.69) is 52.7 Å². The van der Waals surface area contributed by atoms with Crippen LogP contribution in [0.25, 0.3) is 28.0 Å². The van der Waals surface area contributed by atoms with E-state index in [1.54, 1.807) is 6.20 Å². The molecule has 0 aliphatic carbocycles. The van der Waals surface area contributed by atoms with Gasteiger partial charge in [0.15, 0.2) is 0 Å². The normalized spacial score (nSPS) is 11.4. The average Bonchev–Trinajstić information content (AvgIpc) is 3.10. The number of hydrogen-bond acceptors (Lipinski definition) is 5. The van der Waals surface area contributed by atoms with Crippen molar-refractivity contribution in [2.45, 2.75) is 13.0 Å². The number of rotatable bonds is 8. The van der Waals surface area contributed by atoms with Gasteiger partial charge in [0.05, 0.1) is 16.9 Å². The number of nitrogen functional groups attached to an aromatic ring is 1. The fourth-order valence-corrected chi connectivity index (χ4v) is 3.72.